The van der Waals surface area contributed by atoms with Crippen molar-refractivity contribution in [3.8, 4) is 0 Å². The third-order valence-electron chi connectivity index (χ3n) is 4.34. The van der Waals surface area contributed by atoms with E-state index in [4.69, 9.17) is 4.74 Å². The van der Waals surface area contributed by atoms with Gasteiger partial charge in [0.2, 0.25) is 10.0 Å². The summed E-state index contributed by atoms with van der Waals surface area (Å²) in [6.45, 7) is 0.644. The SMILES string of the molecule is CN(C)S(=O)(=O)C[C@@H]1COC[C@@H]1NC(=O)c1cc(C2CC2)[nH]n1. The Balaban J connectivity index is 1.62. The molecule has 1 amide bonds. The summed E-state index contributed by atoms with van der Waals surface area (Å²) < 4.78 is 30.6. The Hall–Kier alpha value is -1.45. The van der Waals surface area contributed by atoms with Gasteiger partial charge in [0.25, 0.3) is 5.91 Å². The molecule has 0 spiro atoms. The first-order chi connectivity index (χ1) is 10.9. The highest BCUT2D eigenvalue weighted by Gasteiger charge is 2.35. The van der Waals surface area contributed by atoms with E-state index in [1.54, 1.807) is 6.07 Å². The van der Waals surface area contributed by atoms with Gasteiger partial charge < -0.3 is 10.1 Å². The van der Waals surface area contributed by atoms with Crippen LogP contribution in [0.2, 0.25) is 0 Å². The molecule has 2 N–H and O–H groups in total. The number of H-pyrrole nitrogens is 1. The zero-order chi connectivity index (χ0) is 16.6. The van der Waals surface area contributed by atoms with E-state index >= 15 is 0 Å². The summed E-state index contributed by atoms with van der Waals surface area (Å²) in [7, 11) is -0.330. The van der Waals surface area contributed by atoms with E-state index in [1.807, 2.05) is 0 Å². The van der Waals surface area contributed by atoms with Crippen molar-refractivity contribution in [2.75, 3.05) is 33.1 Å². The zero-order valence-electron chi connectivity index (χ0n) is 13.3. The van der Waals surface area contributed by atoms with Gasteiger partial charge >= 0.3 is 0 Å². The Labute approximate surface area is 135 Å². The van der Waals surface area contributed by atoms with E-state index in [9.17, 15) is 13.2 Å². The lowest BCUT2D eigenvalue weighted by Gasteiger charge is -2.20. The van der Waals surface area contributed by atoms with Crippen molar-refractivity contribution in [3.05, 3.63) is 17.5 Å². The highest BCUT2D eigenvalue weighted by Crippen LogP contribution is 2.39. The van der Waals surface area contributed by atoms with Crippen LogP contribution in [0, 0.1) is 5.92 Å². The minimum absolute atomic E-state index is 0.0428. The van der Waals surface area contributed by atoms with Gasteiger partial charge in [0.15, 0.2) is 0 Å². The number of sulfonamides is 1. The highest BCUT2D eigenvalue weighted by molar-refractivity contribution is 7.89. The molecule has 2 fully saturated rings. The Kier molecular flexibility index (Phi) is 4.43. The number of aromatic nitrogens is 2. The predicted octanol–water partition coefficient (Wildman–Crippen LogP) is -0.0767. The molecule has 2 atom stereocenters. The minimum Gasteiger partial charge on any atom is -0.379 e. The van der Waals surface area contributed by atoms with Gasteiger partial charge in [0.05, 0.1) is 25.0 Å². The predicted molar refractivity (Wildman–Crippen MR) is 83.6 cm³/mol. The quantitative estimate of drug-likeness (QED) is 0.753. The summed E-state index contributed by atoms with van der Waals surface area (Å²) in [4.78, 5) is 12.3. The number of rotatable bonds is 6. The molecule has 1 saturated carbocycles. The Morgan fingerprint density at radius 2 is 2.17 bits per heavy atom. The maximum Gasteiger partial charge on any atom is 0.272 e. The first-order valence-electron chi connectivity index (χ1n) is 7.71. The first-order valence-corrected chi connectivity index (χ1v) is 9.32. The number of hydrogen-bond donors (Lipinski definition) is 2. The number of amides is 1. The van der Waals surface area contributed by atoms with Gasteiger partial charge in [-0.25, -0.2) is 12.7 Å². The summed E-state index contributed by atoms with van der Waals surface area (Å²) in [5.41, 5.74) is 1.33. The molecule has 0 unspecified atom stereocenters. The monoisotopic (exact) mass is 342 g/mol. The largest absolute Gasteiger partial charge is 0.379 e. The van der Waals surface area contributed by atoms with Gasteiger partial charge in [-0.1, -0.05) is 0 Å². The molecule has 1 aliphatic heterocycles. The normalized spacial score (nSPS) is 25.0. The lowest BCUT2D eigenvalue weighted by molar-refractivity contribution is 0.0921. The summed E-state index contributed by atoms with van der Waals surface area (Å²) in [5, 5.41) is 9.79. The molecule has 23 heavy (non-hydrogen) atoms. The van der Waals surface area contributed by atoms with Crippen molar-refractivity contribution < 1.29 is 17.9 Å². The van der Waals surface area contributed by atoms with Crippen molar-refractivity contribution >= 4 is 15.9 Å². The van der Waals surface area contributed by atoms with Gasteiger partial charge in [0.1, 0.15) is 5.69 Å². The highest BCUT2D eigenvalue weighted by atomic mass is 32.2. The van der Waals surface area contributed by atoms with Crippen LogP contribution >= 0.6 is 0 Å². The fourth-order valence-corrected chi connectivity index (χ4v) is 3.81. The van der Waals surface area contributed by atoms with Crippen LogP contribution in [0.25, 0.3) is 0 Å². The van der Waals surface area contributed by atoms with Gasteiger partial charge in [-0.2, -0.15) is 5.10 Å². The molecule has 128 valence electrons. The molecule has 1 aliphatic carbocycles. The van der Waals surface area contributed by atoms with E-state index in [1.165, 1.54) is 18.4 Å². The van der Waals surface area contributed by atoms with E-state index in [0.717, 1.165) is 18.5 Å². The summed E-state index contributed by atoms with van der Waals surface area (Å²) in [5.74, 6) is -0.0975. The molecule has 0 bridgehead atoms. The molecule has 1 aromatic heterocycles. The average molecular weight is 342 g/mol. The summed E-state index contributed by atoms with van der Waals surface area (Å²) in [6, 6.07) is 1.45. The molecular formula is C14H22N4O4S. The van der Waals surface area contributed by atoms with Crippen LogP contribution in [0.3, 0.4) is 0 Å². The second-order valence-electron chi connectivity index (χ2n) is 6.42. The maximum atomic E-state index is 12.3. The fourth-order valence-electron chi connectivity index (χ4n) is 2.64. The molecule has 1 saturated heterocycles. The third kappa shape index (κ3) is 3.73. The van der Waals surface area contributed by atoms with Crippen LogP contribution in [-0.4, -0.2) is 67.9 Å². The van der Waals surface area contributed by atoms with Crippen molar-refractivity contribution in [1.29, 1.82) is 0 Å². The van der Waals surface area contributed by atoms with Gasteiger partial charge in [-0.05, 0) is 18.9 Å². The molecular weight excluding hydrogens is 320 g/mol. The molecule has 1 aromatic rings. The molecule has 9 heteroatoms. The number of nitrogens with one attached hydrogen (secondary N) is 2. The molecule has 2 aliphatic rings. The molecule has 0 radical (unpaired) electrons. The molecule has 3 rings (SSSR count). The lowest BCUT2D eigenvalue weighted by Crippen LogP contribution is -2.43. The van der Waals surface area contributed by atoms with E-state index in [0.29, 0.717) is 24.8 Å². The summed E-state index contributed by atoms with van der Waals surface area (Å²) >= 11 is 0. The Morgan fingerprint density at radius 1 is 1.43 bits per heavy atom. The van der Waals surface area contributed by atoms with Crippen LogP contribution in [0.15, 0.2) is 6.07 Å². The van der Waals surface area contributed by atoms with Crippen LogP contribution < -0.4 is 5.32 Å². The van der Waals surface area contributed by atoms with Gasteiger partial charge in [0, 0.05) is 31.6 Å². The number of aromatic amines is 1. The van der Waals surface area contributed by atoms with Gasteiger partial charge in [-0.3, -0.25) is 9.89 Å². The number of carbonyl (C=O) groups excluding carboxylic acids is 1. The van der Waals surface area contributed by atoms with E-state index in [2.05, 4.69) is 15.5 Å². The molecule has 0 aromatic carbocycles. The van der Waals surface area contributed by atoms with Crippen molar-refractivity contribution in [2.45, 2.75) is 24.8 Å². The van der Waals surface area contributed by atoms with Crippen LogP contribution in [0.5, 0.6) is 0 Å². The summed E-state index contributed by atoms with van der Waals surface area (Å²) in [6.07, 6.45) is 2.26. The van der Waals surface area contributed by atoms with E-state index < -0.39 is 10.0 Å². The fraction of sp³-hybridized carbons (Fsp3) is 0.714. The molecule has 8 nitrogen and oxygen atoms in total. The third-order valence-corrected chi connectivity index (χ3v) is 6.31. The average Bonchev–Trinajstić information content (AvgIpc) is 3.05. The number of ether oxygens (including phenoxy) is 1. The smallest absolute Gasteiger partial charge is 0.272 e. The topological polar surface area (TPSA) is 104 Å². The standard InChI is InChI=1S/C14H22N4O4S/c1-18(2)23(20,21)8-10-6-22-7-13(10)15-14(19)12-5-11(16-17-12)9-3-4-9/h5,9-10,13H,3-4,6-8H2,1-2H3,(H,15,19)(H,16,17)/t10-,13-/m0/s1. The van der Waals surface area contributed by atoms with E-state index in [-0.39, 0.29) is 23.6 Å². The van der Waals surface area contributed by atoms with Crippen LogP contribution in [0.4, 0.5) is 0 Å². The molecule has 2 heterocycles. The number of nitrogens with zero attached hydrogens (tertiary/aromatic N) is 2. The number of hydrogen-bond acceptors (Lipinski definition) is 5. The lowest BCUT2D eigenvalue weighted by atomic mass is 10.1. The van der Waals surface area contributed by atoms with Crippen LogP contribution in [0.1, 0.15) is 34.9 Å². The Morgan fingerprint density at radius 3 is 2.83 bits per heavy atom. The van der Waals surface area contributed by atoms with Crippen molar-refractivity contribution in [1.82, 2.24) is 19.8 Å². The first kappa shape index (κ1) is 16.4. The van der Waals surface area contributed by atoms with Crippen molar-refractivity contribution in [2.24, 2.45) is 5.92 Å². The van der Waals surface area contributed by atoms with Gasteiger partial charge in [-0.15, -0.1) is 0 Å². The number of carbonyl (C=O) groups is 1. The van der Waals surface area contributed by atoms with Crippen LogP contribution in [-0.2, 0) is 14.8 Å². The maximum absolute atomic E-state index is 12.3. The second-order valence-corrected chi connectivity index (χ2v) is 8.65. The zero-order valence-corrected chi connectivity index (χ0v) is 14.1. The Bertz CT molecular complexity index is 681. The van der Waals surface area contributed by atoms with Crippen molar-refractivity contribution in [3.63, 3.8) is 0 Å². The minimum atomic E-state index is -3.33. The second kappa shape index (κ2) is 6.21.